The van der Waals surface area contributed by atoms with E-state index in [2.05, 4.69) is 13.8 Å². The third-order valence-corrected chi connectivity index (χ3v) is 6.09. The zero-order chi connectivity index (χ0) is 16.2. The first-order valence-corrected chi connectivity index (χ1v) is 9.55. The normalized spacial score (nSPS) is 42.2. The fourth-order valence-electron chi connectivity index (χ4n) is 4.25. The van der Waals surface area contributed by atoms with Crippen LogP contribution in [0.1, 0.15) is 65.2 Å². The van der Waals surface area contributed by atoms with Crippen LogP contribution in [-0.2, 0) is 19.0 Å². The molecular weight excluding hydrogens is 292 g/mol. The minimum atomic E-state index is -0.798. The van der Waals surface area contributed by atoms with E-state index in [0.717, 1.165) is 37.5 Å². The fourth-order valence-corrected chi connectivity index (χ4v) is 4.25. The monoisotopic (exact) mass is 324 g/mol. The summed E-state index contributed by atoms with van der Waals surface area (Å²) in [6.45, 7) is 5.88. The summed E-state index contributed by atoms with van der Waals surface area (Å²) < 4.78 is 17.0. The SMILES string of the molecule is CC1CCC(OC(=O)C2OCC(C3CCC(C)CC3)CO2)CC1. The van der Waals surface area contributed by atoms with Crippen molar-refractivity contribution < 1.29 is 19.0 Å². The smallest absolute Gasteiger partial charge is 0.363 e. The Balaban J connectivity index is 1.39. The van der Waals surface area contributed by atoms with Gasteiger partial charge in [-0.2, -0.15) is 0 Å². The number of ether oxygens (including phenoxy) is 3. The molecule has 0 N–H and O–H groups in total. The van der Waals surface area contributed by atoms with E-state index in [1.807, 2.05) is 0 Å². The molecule has 3 fully saturated rings. The maximum atomic E-state index is 12.2. The molecule has 23 heavy (non-hydrogen) atoms. The lowest BCUT2D eigenvalue weighted by Gasteiger charge is -2.37. The van der Waals surface area contributed by atoms with Gasteiger partial charge in [-0.05, 0) is 56.3 Å². The van der Waals surface area contributed by atoms with E-state index < -0.39 is 6.29 Å². The Labute approximate surface area is 140 Å². The van der Waals surface area contributed by atoms with Crippen LogP contribution in [0.4, 0.5) is 0 Å². The van der Waals surface area contributed by atoms with Gasteiger partial charge in [-0.1, -0.05) is 26.7 Å². The number of carbonyl (C=O) groups is 1. The molecule has 0 atom stereocenters. The molecule has 132 valence electrons. The van der Waals surface area contributed by atoms with Crippen molar-refractivity contribution in [1.82, 2.24) is 0 Å². The first-order chi connectivity index (χ1) is 11.1. The van der Waals surface area contributed by atoms with Crippen molar-refractivity contribution in [3.05, 3.63) is 0 Å². The van der Waals surface area contributed by atoms with Crippen LogP contribution in [0.2, 0.25) is 0 Å². The highest BCUT2D eigenvalue weighted by Crippen LogP contribution is 2.35. The lowest BCUT2D eigenvalue weighted by atomic mass is 9.76. The molecule has 0 aromatic carbocycles. The van der Waals surface area contributed by atoms with Crippen molar-refractivity contribution in [2.75, 3.05) is 13.2 Å². The van der Waals surface area contributed by atoms with Crippen LogP contribution < -0.4 is 0 Å². The quantitative estimate of drug-likeness (QED) is 0.738. The van der Waals surface area contributed by atoms with Crippen LogP contribution in [0.25, 0.3) is 0 Å². The molecule has 2 aliphatic carbocycles. The maximum Gasteiger partial charge on any atom is 0.363 e. The van der Waals surface area contributed by atoms with Gasteiger partial charge in [-0.15, -0.1) is 0 Å². The molecule has 2 saturated carbocycles. The van der Waals surface area contributed by atoms with Crippen LogP contribution in [0.15, 0.2) is 0 Å². The molecule has 0 aromatic rings. The summed E-state index contributed by atoms with van der Waals surface area (Å²) in [5, 5.41) is 0. The molecule has 3 aliphatic rings. The molecule has 0 amide bonds. The molecule has 0 bridgehead atoms. The highest BCUT2D eigenvalue weighted by Gasteiger charge is 2.35. The number of rotatable bonds is 3. The van der Waals surface area contributed by atoms with Gasteiger partial charge in [0, 0.05) is 5.92 Å². The van der Waals surface area contributed by atoms with Crippen molar-refractivity contribution in [2.45, 2.75) is 77.6 Å². The van der Waals surface area contributed by atoms with Gasteiger partial charge in [0.15, 0.2) is 0 Å². The van der Waals surface area contributed by atoms with E-state index in [9.17, 15) is 4.79 Å². The maximum absolute atomic E-state index is 12.2. The molecule has 3 rings (SSSR count). The molecule has 0 unspecified atom stereocenters. The topological polar surface area (TPSA) is 44.8 Å². The van der Waals surface area contributed by atoms with Gasteiger partial charge < -0.3 is 14.2 Å². The van der Waals surface area contributed by atoms with E-state index in [-0.39, 0.29) is 12.1 Å². The number of hydrogen-bond acceptors (Lipinski definition) is 4. The zero-order valence-corrected chi connectivity index (χ0v) is 14.7. The molecular formula is C19H32O4. The first-order valence-electron chi connectivity index (χ1n) is 9.55. The molecule has 0 aromatic heterocycles. The largest absolute Gasteiger partial charge is 0.459 e. The zero-order valence-electron chi connectivity index (χ0n) is 14.7. The van der Waals surface area contributed by atoms with Crippen molar-refractivity contribution in [2.24, 2.45) is 23.7 Å². The highest BCUT2D eigenvalue weighted by molar-refractivity contribution is 5.73. The summed E-state index contributed by atoms with van der Waals surface area (Å²) >= 11 is 0. The second kappa shape index (κ2) is 7.98. The van der Waals surface area contributed by atoms with Gasteiger partial charge in [-0.25, -0.2) is 4.79 Å². The molecule has 0 spiro atoms. The molecule has 1 saturated heterocycles. The second-order valence-electron chi connectivity index (χ2n) is 8.10. The Morgan fingerprint density at radius 2 is 1.30 bits per heavy atom. The van der Waals surface area contributed by atoms with Gasteiger partial charge in [-0.3, -0.25) is 0 Å². The summed E-state index contributed by atoms with van der Waals surface area (Å²) in [4.78, 5) is 12.2. The van der Waals surface area contributed by atoms with Crippen LogP contribution in [0.5, 0.6) is 0 Å². The second-order valence-corrected chi connectivity index (χ2v) is 8.10. The lowest BCUT2D eigenvalue weighted by Crippen LogP contribution is -2.42. The Kier molecular flexibility index (Phi) is 5.97. The van der Waals surface area contributed by atoms with Crippen molar-refractivity contribution in [1.29, 1.82) is 0 Å². The third kappa shape index (κ3) is 4.69. The highest BCUT2D eigenvalue weighted by atomic mass is 16.7. The predicted octanol–water partition coefficient (Wildman–Crippen LogP) is 3.92. The summed E-state index contributed by atoms with van der Waals surface area (Å²) in [7, 11) is 0. The van der Waals surface area contributed by atoms with Crippen LogP contribution in [0.3, 0.4) is 0 Å². The van der Waals surface area contributed by atoms with Crippen molar-refractivity contribution in [3.8, 4) is 0 Å². The lowest BCUT2D eigenvalue weighted by molar-refractivity contribution is -0.231. The standard InChI is InChI=1S/C19H32O4/c1-13-3-7-15(8-4-13)16-11-21-19(22-12-16)18(20)23-17-9-5-14(2)6-10-17/h13-17,19H,3-12H2,1-2H3. The predicted molar refractivity (Wildman–Crippen MR) is 87.8 cm³/mol. The van der Waals surface area contributed by atoms with Crippen LogP contribution in [-0.4, -0.2) is 31.6 Å². The van der Waals surface area contributed by atoms with E-state index in [1.54, 1.807) is 0 Å². The van der Waals surface area contributed by atoms with Gasteiger partial charge in [0.25, 0.3) is 6.29 Å². The average Bonchev–Trinajstić information content (AvgIpc) is 2.58. The van der Waals surface area contributed by atoms with Gasteiger partial charge in [0.1, 0.15) is 6.10 Å². The van der Waals surface area contributed by atoms with Crippen LogP contribution >= 0.6 is 0 Å². The number of carbonyl (C=O) groups excluding carboxylic acids is 1. The molecule has 4 heteroatoms. The Hall–Kier alpha value is -0.610. The van der Waals surface area contributed by atoms with Gasteiger partial charge in [0.2, 0.25) is 0 Å². The summed E-state index contributed by atoms with van der Waals surface area (Å²) in [5.74, 6) is 2.44. The van der Waals surface area contributed by atoms with E-state index in [0.29, 0.717) is 25.0 Å². The Morgan fingerprint density at radius 3 is 1.87 bits per heavy atom. The van der Waals surface area contributed by atoms with Gasteiger partial charge in [0.05, 0.1) is 13.2 Å². The minimum Gasteiger partial charge on any atom is -0.459 e. The minimum absolute atomic E-state index is 0.0588. The summed E-state index contributed by atoms with van der Waals surface area (Å²) in [5.41, 5.74) is 0. The van der Waals surface area contributed by atoms with E-state index in [1.165, 1.54) is 25.7 Å². The summed E-state index contributed by atoms with van der Waals surface area (Å²) in [6.07, 6.45) is 8.67. The molecule has 1 aliphatic heterocycles. The van der Waals surface area contributed by atoms with Crippen molar-refractivity contribution in [3.63, 3.8) is 0 Å². The third-order valence-electron chi connectivity index (χ3n) is 6.09. The number of esters is 1. The first kappa shape index (κ1) is 17.2. The molecule has 1 heterocycles. The molecule has 0 radical (unpaired) electrons. The summed E-state index contributed by atoms with van der Waals surface area (Å²) in [6, 6.07) is 0. The van der Waals surface area contributed by atoms with Crippen molar-refractivity contribution >= 4 is 5.97 Å². The Morgan fingerprint density at radius 1 is 0.783 bits per heavy atom. The van der Waals surface area contributed by atoms with Gasteiger partial charge >= 0.3 is 5.97 Å². The van der Waals surface area contributed by atoms with E-state index >= 15 is 0 Å². The van der Waals surface area contributed by atoms with E-state index in [4.69, 9.17) is 14.2 Å². The fraction of sp³-hybridized carbons (Fsp3) is 0.947. The number of hydrogen-bond donors (Lipinski definition) is 0. The molecule has 4 nitrogen and oxygen atoms in total. The average molecular weight is 324 g/mol. The van der Waals surface area contributed by atoms with Crippen LogP contribution in [0, 0.1) is 23.7 Å². The Bertz CT molecular complexity index is 373.